The number of hydrogen-bond acceptors (Lipinski definition) is 4. The van der Waals surface area contributed by atoms with Crippen LogP contribution in [0.5, 0.6) is 0 Å². The molecule has 5 heteroatoms. The zero-order valence-corrected chi connectivity index (χ0v) is 13.6. The van der Waals surface area contributed by atoms with E-state index in [2.05, 4.69) is 0 Å². The predicted molar refractivity (Wildman–Crippen MR) is 90.4 cm³/mol. The molecular formula is C18H17NO3S. The van der Waals surface area contributed by atoms with Crippen LogP contribution in [0.4, 0.5) is 5.69 Å². The molecule has 0 aliphatic carbocycles. The van der Waals surface area contributed by atoms with Crippen LogP contribution in [-0.4, -0.2) is 24.2 Å². The Labute approximate surface area is 139 Å². The molecule has 0 fully saturated rings. The van der Waals surface area contributed by atoms with Gasteiger partial charge in [-0.25, -0.2) is 0 Å². The van der Waals surface area contributed by atoms with Crippen molar-refractivity contribution in [2.24, 2.45) is 0 Å². The van der Waals surface area contributed by atoms with Crippen LogP contribution >= 0.6 is 11.8 Å². The first kappa shape index (κ1) is 15.6. The first-order valence-corrected chi connectivity index (χ1v) is 8.25. The van der Waals surface area contributed by atoms with E-state index in [0.29, 0.717) is 6.54 Å². The van der Waals surface area contributed by atoms with Gasteiger partial charge in [-0.1, -0.05) is 42.5 Å². The Hall–Kier alpha value is -2.27. The summed E-state index contributed by atoms with van der Waals surface area (Å²) >= 11 is 1.43. The zero-order chi connectivity index (χ0) is 16.2. The Morgan fingerprint density at radius 1 is 1.13 bits per heavy atom. The van der Waals surface area contributed by atoms with Crippen LogP contribution in [0.15, 0.2) is 59.5 Å². The molecule has 0 radical (unpaired) electrons. The van der Waals surface area contributed by atoms with Crippen LogP contribution in [0.1, 0.15) is 12.0 Å². The number of carbonyl (C=O) groups is 2. The van der Waals surface area contributed by atoms with Crippen LogP contribution in [0.2, 0.25) is 0 Å². The summed E-state index contributed by atoms with van der Waals surface area (Å²) in [5.74, 6) is -0.419. The lowest BCUT2D eigenvalue weighted by Crippen LogP contribution is -2.41. The van der Waals surface area contributed by atoms with Crippen LogP contribution < -0.4 is 4.90 Å². The number of hydrogen-bond donors (Lipinski definition) is 0. The fourth-order valence-electron chi connectivity index (χ4n) is 2.57. The van der Waals surface area contributed by atoms with Gasteiger partial charge in [0.05, 0.1) is 31.0 Å². The second kappa shape index (κ2) is 6.87. The molecule has 2 aromatic rings. The summed E-state index contributed by atoms with van der Waals surface area (Å²) in [6.45, 7) is 0.495. The topological polar surface area (TPSA) is 46.6 Å². The van der Waals surface area contributed by atoms with E-state index in [4.69, 9.17) is 4.74 Å². The Kier molecular flexibility index (Phi) is 4.67. The van der Waals surface area contributed by atoms with Crippen LogP contribution in [-0.2, 0) is 20.9 Å². The molecule has 1 aliphatic rings. The molecule has 4 nitrogen and oxygen atoms in total. The highest BCUT2D eigenvalue weighted by molar-refractivity contribution is 8.01. The fourth-order valence-corrected chi connectivity index (χ4v) is 3.78. The van der Waals surface area contributed by atoms with Crippen molar-refractivity contribution in [1.29, 1.82) is 0 Å². The van der Waals surface area contributed by atoms with Crippen molar-refractivity contribution in [3.05, 3.63) is 60.2 Å². The smallest absolute Gasteiger partial charge is 0.307 e. The first-order valence-electron chi connectivity index (χ1n) is 7.37. The van der Waals surface area contributed by atoms with Crippen molar-refractivity contribution < 1.29 is 14.3 Å². The van der Waals surface area contributed by atoms with Gasteiger partial charge >= 0.3 is 5.97 Å². The SMILES string of the molecule is COC(=O)CC1Sc2ccccc2N(Cc2ccccc2)C1=O. The highest BCUT2D eigenvalue weighted by atomic mass is 32.2. The predicted octanol–water partition coefficient (Wildman–Crippen LogP) is 3.26. The van der Waals surface area contributed by atoms with Gasteiger partial charge in [-0.2, -0.15) is 0 Å². The molecule has 1 aliphatic heterocycles. The van der Waals surface area contributed by atoms with Gasteiger partial charge in [0.1, 0.15) is 0 Å². The minimum atomic E-state index is -0.443. The Morgan fingerprint density at radius 2 is 1.83 bits per heavy atom. The molecule has 0 spiro atoms. The minimum absolute atomic E-state index is 0.0528. The normalized spacial score (nSPS) is 16.8. The number of ether oxygens (including phenoxy) is 1. The number of methoxy groups -OCH3 is 1. The lowest BCUT2D eigenvalue weighted by atomic mass is 10.1. The number of benzene rings is 2. The van der Waals surface area contributed by atoms with Crippen molar-refractivity contribution in [2.45, 2.75) is 23.1 Å². The van der Waals surface area contributed by atoms with Crippen LogP contribution in [0, 0.1) is 0 Å². The lowest BCUT2D eigenvalue weighted by molar-refractivity contribution is -0.141. The Bertz CT molecular complexity index is 717. The number of thioether (sulfide) groups is 1. The number of amides is 1. The highest BCUT2D eigenvalue weighted by Gasteiger charge is 2.34. The standard InChI is InChI=1S/C18H17NO3S/c1-22-17(20)11-16-18(21)19(12-13-7-3-2-4-8-13)14-9-5-6-10-15(14)23-16/h2-10,16H,11-12H2,1H3. The third kappa shape index (κ3) is 3.40. The molecule has 1 amide bonds. The number of nitrogens with zero attached hydrogens (tertiary/aromatic N) is 1. The van der Waals surface area contributed by atoms with E-state index in [1.165, 1.54) is 18.9 Å². The molecule has 1 atom stereocenters. The summed E-state index contributed by atoms with van der Waals surface area (Å²) in [7, 11) is 1.34. The van der Waals surface area contributed by atoms with Gasteiger partial charge < -0.3 is 9.64 Å². The van der Waals surface area contributed by atoms with Gasteiger partial charge in [0, 0.05) is 4.90 Å². The Morgan fingerprint density at radius 3 is 2.57 bits per heavy atom. The first-order chi connectivity index (χ1) is 11.2. The van der Waals surface area contributed by atoms with E-state index in [0.717, 1.165) is 16.1 Å². The van der Waals surface area contributed by atoms with E-state index in [-0.39, 0.29) is 18.3 Å². The third-order valence-electron chi connectivity index (χ3n) is 3.73. The van der Waals surface area contributed by atoms with Gasteiger partial charge in [0.25, 0.3) is 0 Å². The van der Waals surface area contributed by atoms with Crippen molar-refractivity contribution in [2.75, 3.05) is 12.0 Å². The average molecular weight is 327 g/mol. The molecule has 1 heterocycles. The molecule has 0 bridgehead atoms. The number of carbonyl (C=O) groups excluding carboxylic acids is 2. The number of anilines is 1. The van der Waals surface area contributed by atoms with Crippen LogP contribution in [0.3, 0.4) is 0 Å². The highest BCUT2D eigenvalue weighted by Crippen LogP contribution is 2.40. The number of esters is 1. The maximum Gasteiger partial charge on any atom is 0.307 e. The van der Waals surface area contributed by atoms with E-state index >= 15 is 0 Å². The lowest BCUT2D eigenvalue weighted by Gasteiger charge is -2.33. The second-order valence-electron chi connectivity index (χ2n) is 5.26. The summed E-state index contributed by atoms with van der Waals surface area (Å²) in [5.41, 5.74) is 1.95. The van der Waals surface area contributed by atoms with Gasteiger partial charge in [-0.05, 0) is 17.7 Å². The monoisotopic (exact) mass is 327 g/mol. The van der Waals surface area contributed by atoms with Crippen molar-refractivity contribution in [3.63, 3.8) is 0 Å². The van der Waals surface area contributed by atoms with Gasteiger partial charge in [-0.15, -0.1) is 11.8 Å². The molecule has 118 valence electrons. The van der Waals surface area contributed by atoms with E-state index < -0.39 is 5.25 Å². The molecule has 23 heavy (non-hydrogen) atoms. The van der Waals surface area contributed by atoms with E-state index in [1.807, 2.05) is 54.6 Å². The van der Waals surface area contributed by atoms with Gasteiger partial charge in [0.2, 0.25) is 5.91 Å². The molecule has 0 N–H and O–H groups in total. The summed E-state index contributed by atoms with van der Waals surface area (Å²) in [6, 6.07) is 17.6. The van der Waals surface area contributed by atoms with Crippen LogP contribution in [0.25, 0.3) is 0 Å². The third-order valence-corrected chi connectivity index (χ3v) is 4.98. The quantitative estimate of drug-likeness (QED) is 0.809. The van der Waals surface area contributed by atoms with E-state index in [1.54, 1.807) is 4.90 Å². The molecule has 1 unspecified atom stereocenters. The summed E-state index contributed by atoms with van der Waals surface area (Å²) in [6.07, 6.45) is 0.0830. The summed E-state index contributed by atoms with van der Waals surface area (Å²) < 4.78 is 4.72. The number of para-hydroxylation sites is 1. The van der Waals surface area contributed by atoms with Crippen molar-refractivity contribution in [3.8, 4) is 0 Å². The average Bonchev–Trinajstić information content (AvgIpc) is 2.59. The molecule has 0 aromatic heterocycles. The van der Waals surface area contributed by atoms with Gasteiger partial charge in [-0.3, -0.25) is 9.59 Å². The zero-order valence-electron chi connectivity index (χ0n) is 12.8. The number of rotatable bonds is 4. The van der Waals surface area contributed by atoms with Crippen molar-refractivity contribution >= 4 is 29.3 Å². The maximum atomic E-state index is 12.8. The molecule has 2 aromatic carbocycles. The fraction of sp³-hybridized carbons (Fsp3) is 0.222. The molecular weight excluding hydrogens is 310 g/mol. The second-order valence-corrected chi connectivity index (χ2v) is 6.51. The largest absolute Gasteiger partial charge is 0.469 e. The molecule has 0 saturated heterocycles. The minimum Gasteiger partial charge on any atom is -0.469 e. The summed E-state index contributed by atoms with van der Waals surface area (Å²) in [4.78, 5) is 27.2. The maximum absolute atomic E-state index is 12.8. The van der Waals surface area contributed by atoms with Crippen molar-refractivity contribution in [1.82, 2.24) is 0 Å². The summed E-state index contributed by atoms with van der Waals surface area (Å²) in [5, 5.41) is -0.443. The van der Waals surface area contributed by atoms with Gasteiger partial charge in [0.15, 0.2) is 0 Å². The molecule has 0 saturated carbocycles. The van der Waals surface area contributed by atoms with E-state index in [9.17, 15) is 9.59 Å². The Balaban J connectivity index is 1.91. The number of fused-ring (bicyclic) bond motifs is 1. The molecule has 3 rings (SSSR count).